The minimum Gasteiger partial charge on any atom is -0.465 e. The number of likely N-dealkylation sites (N-methyl/N-ethyl adjacent to an activating group) is 1. The van der Waals surface area contributed by atoms with Crippen LogP contribution in [0.1, 0.15) is 44.9 Å². The Labute approximate surface area is 252 Å². The van der Waals surface area contributed by atoms with Crippen LogP contribution in [0.25, 0.3) is 21.9 Å². The Balaban J connectivity index is 1.57. The van der Waals surface area contributed by atoms with Crippen LogP contribution in [-0.2, 0) is 20.7 Å². The number of aromatic nitrogens is 2. The predicted molar refractivity (Wildman–Crippen MR) is 159 cm³/mol. The number of nitrogens with one attached hydrogen (secondary N) is 2. The number of fused-ring (bicyclic) bond motifs is 2. The van der Waals surface area contributed by atoms with Crippen molar-refractivity contribution in [3.63, 3.8) is 0 Å². The number of hydrogen-bond donors (Lipinski definition) is 3. The number of hydrogen-bond acceptors (Lipinski definition) is 8. The van der Waals surface area contributed by atoms with Gasteiger partial charge in [-0.25, -0.2) is 23.8 Å². The molecule has 2 aromatic heterocycles. The maximum Gasteiger partial charge on any atom is 0.413 e. The van der Waals surface area contributed by atoms with Crippen molar-refractivity contribution in [3.8, 4) is 11.1 Å². The molecule has 3 N–H and O–H groups in total. The number of nitrogens with zero attached hydrogens (tertiary/aromatic N) is 4. The standard InChI is InChI=1S/C30H33FN6O7/c1-15-19(12-32-21-7-6-8-37(26(15)21)29(41)42)18-9-16-10-22(34-27(39)43-17-11-23(38)36(5)14-17)33-13-20(16)25(24(18)31)35-28(40)44-30(2,3)4/h9-10,12-13,17H,6-8,11,14H2,1-5H3,(H,35,40)(H,41,42)(H,33,34,39). The number of carbonyl (C=O) groups excluding carboxylic acids is 3. The van der Waals surface area contributed by atoms with Crippen molar-refractivity contribution in [2.24, 2.45) is 0 Å². The van der Waals surface area contributed by atoms with E-state index in [0.29, 0.717) is 40.7 Å². The summed E-state index contributed by atoms with van der Waals surface area (Å²) in [5, 5.41) is 15.4. The monoisotopic (exact) mass is 608 g/mol. The summed E-state index contributed by atoms with van der Waals surface area (Å²) in [6, 6.07) is 2.99. The minimum atomic E-state index is -1.14. The van der Waals surface area contributed by atoms with Gasteiger partial charge in [0.1, 0.15) is 17.5 Å². The molecule has 2 aliphatic rings. The third kappa shape index (κ3) is 6.19. The second kappa shape index (κ2) is 11.6. The maximum atomic E-state index is 16.4. The molecular weight excluding hydrogens is 575 g/mol. The highest BCUT2D eigenvalue weighted by Gasteiger charge is 2.31. The van der Waals surface area contributed by atoms with Crippen LogP contribution in [0.2, 0.25) is 0 Å². The number of rotatable bonds is 4. The van der Waals surface area contributed by atoms with Gasteiger partial charge >= 0.3 is 18.3 Å². The van der Waals surface area contributed by atoms with Gasteiger partial charge < -0.3 is 19.5 Å². The average Bonchev–Trinajstić information content (AvgIpc) is 3.24. The lowest BCUT2D eigenvalue weighted by Crippen LogP contribution is -2.35. The van der Waals surface area contributed by atoms with Gasteiger partial charge in [0.05, 0.1) is 30.0 Å². The van der Waals surface area contributed by atoms with Crippen LogP contribution >= 0.6 is 0 Å². The van der Waals surface area contributed by atoms with E-state index in [1.165, 1.54) is 34.3 Å². The Kier molecular flexibility index (Phi) is 8.02. The molecule has 1 aromatic carbocycles. The number of ether oxygens (including phenoxy) is 2. The quantitative estimate of drug-likeness (QED) is 0.357. The second-order valence-corrected chi connectivity index (χ2v) is 11.8. The van der Waals surface area contributed by atoms with Gasteiger partial charge in [-0.1, -0.05) is 0 Å². The van der Waals surface area contributed by atoms with Gasteiger partial charge in [0, 0.05) is 42.5 Å². The summed E-state index contributed by atoms with van der Waals surface area (Å²) < 4.78 is 27.1. The number of benzene rings is 1. The van der Waals surface area contributed by atoms with Gasteiger partial charge in [-0.15, -0.1) is 0 Å². The highest BCUT2D eigenvalue weighted by molar-refractivity contribution is 6.04. The summed E-state index contributed by atoms with van der Waals surface area (Å²) in [5.41, 5.74) is 0.792. The number of pyridine rings is 2. The zero-order valence-electron chi connectivity index (χ0n) is 25.0. The molecule has 0 saturated carbocycles. The maximum absolute atomic E-state index is 16.4. The number of amides is 4. The van der Waals surface area contributed by atoms with E-state index >= 15 is 4.39 Å². The molecule has 0 bridgehead atoms. The summed E-state index contributed by atoms with van der Waals surface area (Å²) in [4.78, 5) is 60.5. The molecule has 0 radical (unpaired) electrons. The average molecular weight is 609 g/mol. The van der Waals surface area contributed by atoms with Crippen LogP contribution in [0.4, 0.5) is 36.0 Å². The molecule has 4 heterocycles. The Morgan fingerprint density at radius 3 is 2.50 bits per heavy atom. The molecule has 1 saturated heterocycles. The number of halogens is 1. The molecule has 1 atom stereocenters. The number of likely N-dealkylation sites (tertiary alicyclic amines) is 1. The van der Waals surface area contributed by atoms with Crippen LogP contribution in [0.15, 0.2) is 24.5 Å². The first-order chi connectivity index (χ1) is 20.7. The number of carbonyl (C=O) groups is 4. The van der Waals surface area contributed by atoms with Crippen molar-refractivity contribution >= 4 is 52.2 Å². The van der Waals surface area contributed by atoms with E-state index in [2.05, 4.69) is 20.6 Å². The second-order valence-electron chi connectivity index (χ2n) is 11.8. The number of anilines is 3. The SMILES string of the molecule is Cc1c(-c2cc3cc(NC(=O)OC4CC(=O)N(C)C4)ncc3c(NC(=O)OC(C)(C)C)c2F)cnc2c1N(C(=O)O)CCC2. The minimum absolute atomic E-state index is 0.0412. The third-order valence-electron chi connectivity index (χ3n) is 7.36. The Morgan fingerprint density at radius 1 is 1.09 bits per heavy atom. The first-order valence-corrected chi connectivity index (χ1v) is 14.0. The molecule has 2 aliphatic heterocycles. The number of aryl methyl sites for hydroxylation is 1. The van der Waals surface area contributed by atoms with Crippen molar-refractivity contribution in [1.82, 2.24) is 14.9 Å². The summed E-state index contributed by atoms with van der Waals surface area (Å²) in [5.74, 6) is -0.856. The molecule has 1 unspecified atom stereocenters. The Hall–Kier alpha value is -5.01. The highest BCUT2D eigenvalue weighted by Crippen LogP contribution is 2.41. The van der Waals surface area contributed by atoms with Crippen LogP contribution < -0.4 is 15.5 Å². The summed E-state index contributed by atoms with van der Waals surface area (Å²) >= 11 is 0. The van der Waals surface area contributed by atoms with Crippen LogP contribution in [0.3, 0.4) is 0 Å². The molecule has 5 rings (SSSR count). The summed E-state index contributed by atoms with van der Waals surface area (Å²) in [6.45, 7) is 7.27. The topological polar surface area (TPSA) is 163 Å². The number of carboxylic acid groups (broad SMARTS) is 1. The van der Waals surface area contributed by atoms with Gasteiger partial charge in [-0.05, 0) is 63.6 Å². The molecular formula is C30H33FN6O7. The normalized spacial score (nSPS) is 16.5. The van der Waals surface area contributed by atoms with E-state index in [0.717, 1.165) is 0 Å². The van der Waals surface area contributed by atoms with Gasteiger partial charge in [0.25, 0.3) is 0 Å². The van der Waals surface area contributed by atoms with E-state index in [9.17, 15) is 24.3 Å². The zero-order valence-corrected chi connectivity index (χ0v) is 25.0. The molecule has 4 amide bonds. The molecule has 1 fully saturated rings. The predicted octanol–water partition coefficient (Wildman–Crippen LogP) is 5.30. The molecule has 232 valence electrons. The molecule has 3 aromatic rings. The molecule has 14 heteroatoms. The van der Waals surface area contributed by atoms with E-state index in [1.54, 1.807) is 34.7 Å². The Morgan fingerprint density at radius 2 is 1.84 bits per heavy atom. The van der Waals surface area contributed by atoms with Crippen molar-refractivity contribution < 1.29 is 38.1 Å². The highest BCUT2D eigenvalue weighted by atomic mass is 19.1. The summed E-state index contributed by atoms with van der Waals surface area (Å²) in [7, 11) is 1.62. The van der Waals surface area contributed by atoms with Crippen LogP contribution in [0.5, 0.6) is 0 Å². The van der Waals surface area contributed by atoms with Crippen molar-refractivity contribution in [1.29, 1.82) is 0 Å². The van der Waals surface area contributed by atoms with E-state index in [-0.39, 0.29) is 47.9 Å². The molecule has 44 heavy (non-hydrogen) atoms. The van der Waals surface area contributed by atoms with Crippen LogP contribution in [-0.4, -0.2) is 76.0 Å². The first kappa shape index (κ1) is 30.4. The largest absolute Gasteiger partial charge is 0.465 e. The fourth-order valence-electron chi connectivity index (χ4n) is 5.41. The van der Waals surface area contributed by atoms with Crippen molar-refractivity contribution in [2.45, 2.75) is 58.7 Å². The van der Waals surface area contributed by atoms with Gasteiger partial charge in [-0.3, -0.25) is 25.3 Å². The zero-order chi connectivity index (χ0) is 31.9. The molecule has 0 aliphatic carbocycles. The van der Waals surface area contributed by atoms with E-state index in [4.69, 9.17) is 9.47 Å². The first-order valence-electron chi connectivity index (χ1n) is 14.0. The smallest absolute Gasteiger partial charge is 0.413 e. The van der Waals surface area contributed by atoms with Gasteiger partial charge in [0.2, 0.25) is 5.91 Å². The molecule has 13 nitrogen and oxygen atoms in total. The fourth-order valence-corrected chi connectivity index (χ4v) is 5.41. The van der Waals surface area contributed by atoms with Gasteiger partial charge in [-0.2, -0.15) is 0 Å². The van der Waals surface area contributed by atoms with Crippen molar-refractivity contribution in [2.75, 3.05) is 35.7 Å². The lowest BCUT2D eigenvalue weighted by atomic mass is 9.94. The van der Waals surface area contributed by atoms with Crippen molar-refractivity contribution in [3.05, 3.63) is 41.6 Å². The fraction of sp³-hybridized carbons (Fsp3) is 0.400. The lowest BCUT2D eigenvalue weighted by molar-refractivity contribution is -0.126. The van der Waals surface area contributed by atoms with E-state index < -0.39 is 35.8 Å². The van der Waals surface area contributed by atoms with Crippen LogP contribution in [0, 0.1) is 12.7 Å². The lowest BCUT2D eigenvalue weighted by Gasteiger charge is -2.29. The van der Waals surface area contributed by atoms with Gasteiger partial charge in [0.15, 0.2) is 5.82 Å². The summed E-state index contributed by atoms with van der Waals surface area (Å²) in [6.07, 6.45) is 0.582. The molecule has 0 spiro atoms. The Bertz CT molecular complexity index is 1690. The third-order valence-corrected chi connectivity index (χ3v) is 7.36. The van der Waals surface area contributed by atoms with E-state index in [1.807, 2.05) is 0 Å².